The van der Waals surface area contributed by atoms with Crippen LogP contribution in [0.1, 0.15) is 6.92 Å². The molecule has 0 aliphatic rings. The Balaban J connectivity index is 2.23. The summed E-state index contributed by atoms with van der Waals surface area (Å²) in [7, 11) is -4.19. The fraction of sp³-hybridized carbons (Fsp3) is 0.286. The first-order chi connectivity index (χ1) is 9.50. The van der Waals surface area contributed by atoms with E-state index < -0.39 is 10.1 Å². The van der Waals surface area contributed by atoms with Crippen LogP contribution in [0.15, 0.2) is 41.3 Å². The van der Waals surface area contributed by atoms with Crippen molar-refractivity contribution >= 4 is 20.9 Å². The average Bonchev–Trinajstić information content (AvgIpc) is 2.42. The Morgan fingerprint density at radius 1 is 1.05 bits per heavy atom. The molecule has 2 aromatic carbocycles. The van der Waals surface area contributed by atoms with Gasteiger partial charge in [-0.15, -0.1) is 0 Å². The molecule has 0 amide bonds. The van der Waals surface area contributed by atoms with Gasteiger partial charge in [0.05, 0.1) is 11.5 Å². The van der Waals surface area contributed by atoms with Gasteiger partial charge in [-0.05, 0) is 42.0 Å². The lowest BCUT2D eigenvalue weighted by molar-refractivity contribution is 0.110. The quantitative estimate of drug-likeness (QED) is 0.655. The molecule has 0 heterocycles. The summed E-state index contributed by atoms with van der Waals surface area (Å²) in [5.41, 5.74) is 0. The zero-order valence-electron chi connectivity index (χ0n) is 11.1. The minimum absolute atomic E-state index is 0.128. The van der Waals surface area contributed by atoms with Crippen molar-refractivity contribution in [3.8, 4) is 5.75 Å². The molecule has 0 aliphatic carbocycles. The van der Waals surface area contributed by atoms with Gasteiger partial charge < -0.3 is 9.47 Å². The number of hydrogen-bond donors (Lipinski definition) is 1. The maximum Gasteiger partial charge on any atom is 0.294 e. The summed E-state index contributed by atoms with van der Waals surface area (Å²) in [5, 5.41) is 1.56. The molecule has 1 N–H and O–H groups in total. The summed E-state index contributed by atoms with van der Waals surface area (Å²) < 4.78 is 41.9. The van der Waals surface area contributed by atoms with E-state index in [1.807, 2.05) is 13.0 Å². The molecule has 0 unspecified atom stereocenters. The number of fused-ring (bicyclic) bond motifs is 1. The van der Waals surface area contributed by atoms with Crippen molar-refractivity contribution in [1.29, 1.82) is 0 Å². The maximum absolute atomic E-state index is 11.1. The fourth-order valence-corrected chi connectivity index (χ4v) is 2.33. The Kier molecular flexibility index (Phi) is 4.59. The highest BCUT2D eigenvalue weighted by atomic mass is 32.2. The van der Waals surface area contributed by atoms with Crippen LogP contribution in [0.5, 0.6) is 5.75 Å². The van der Waals surface area contributed by atoms with E-state index in [-0.39, 0.29) is 4.90 Å². The van der Waals surface area contributed by atoms with E-state index in [2.05, 4.69) is 0 Å². The van der Waals surface area contributed by atoms with Crippen molar-refractivity contribution in [1.82, 2.24) is 0 Å². The molecule has 0 saturated heterocycles. The molecule has 0 bridgehead atoms. The number of ether oxygens (including phenoxy) is 2. The van der Waals surface area contributed by atoms with Crippen LogP contribution < -0.4 is 4.74 Å². The molecule has 0 radical (unpaired) electrons. The van der Waals surface area contributed by atoms with Crippen LogP contribution in [0.3, 0.4) is 0 Å². The van der Waals surface area contributed by atoms with Gasteiger partial charge in [-0.1, -0.05) is 12.1 Å². The lowest BCUT2D eigenvalue weighted by Gasteiger charge is -2.08. The van der Waals surface area contributed by atoms with Crippen molar-refractivity contribution in [2.24, 2.45) is 0 Å². The second kappa shape index (κ2) is 6.21. The van der Waals surface area contributed by atoms with Crippen LogP contribution in [0, 0.1) is 0 Å². The molecule has 0 aromatic heterocycles. The third-order valence-corrected chi connectivity index (χ3v) is 3.63. The highest BCUT2D eigenvalue weighted by molar-refractivity contribution is 7.85. The van der Waals surface area contributed by atoms with Gasteiger partial charge >= 0.3 is 0 Å². The highest BCUT2D eigenvalue weighted by Crippen LogP contribution is 2.23. The lowest BCUT2D eigenvalue weighted by Crippen LogP contribution is -2.06. The predicted octanol–water partition coefficient (Wildman–Crippen LogP) is 2.50. The Morgan fingerprint density at radius 2 is 1.80 bits per heavy atom. The standard InChI is InChI=1S/C14H16O5S/c1-2-18-7-8-19-13-5-3-11-4-6-14(20(15,16)17)10-12(11)9-13/h3-6,9-10H,2,7-8H2,1H3,(H,15,16,17). The highest BCUT2D eigenvalue weighted by Gasteiger charge is 2.10. The molecule has 0 spiro atoms. The van der Waals surface area contributed by atoms with Crippen LogP contribution in [0.2, 0.25) is 0 Å². The topological polar surface area (TPSA) is 72.8 Å². The van der Waals surface area contributed by atoms with Gasteiger partial charge in [0.1, 0.15) is 12.4 Å². The molecule has 0 fully saturated rings. The van der Waals surface area contributed by atoms with Gasteiger partial charge in [0.15, 0.2) is 0 Å². The largest absolute Gasteiger partial charge is 0.491 e. The normalized spacial score (nSPS) is 11.7. The molecular formula is C14H16O5S. The number of hydrogen-bond acceptors (Lipinski definition) is 4. The molecule has 20 heavy (non-hydrogen) atoms. The van der Waals surface area contributed by atoms with E-state index in [1.54, 1.807) is 18.2 Å². The van der Waals surface area contributed by atoms with Crippen LogP contribution in [-0.2, 0) is 14.9 Å². The van der Waals surface area contributed by atoms with E-state index in [0.717, 1.165) is 5.39 Å². The minimum atomic E-state index is -4.19. The van der Waals surface area contributed by atoms with Crippen molar-refractivity contribution in [2.45, 2.75) is 11.8 Å². The Bertz CT molecular complexity index is 694. The molecule has 6 heteroatoms. The van der Waals surface area contributed by atoms with Crippen molar-refractivity contribution < 1.29 is 22.4 Å². The van der Waals surface area contributed by atoms with Crippen molar-refractivity contribution in [2.75, 3.05) is 19.8 Å². The first kappa shape index (κ1) is 14.8. The molecule has 0 atom stereocenters. The van der Waals surface area contributed by atoms with Gasteiger partial charge in [-0.25, -0.2) is 0 Å². The fourth-order valence-electron chi connectivity index (χ4n) is 1.82. The SMILES string of the molecule is CCOCCOc1ccc2ccc(S(=O)(=O)O)cc2c1. The molecule has 108 valence electrons. The van der Waals surface area contributed by atoms with Gasteiger partial charge in [0.2, 0.25) is 0 Å². The Hall–Kier alpha value is -1.63. The molecular weight excluding hydrogens is 280 g/mol. The van der Waals surface area contributed by atoms with Crippen LogP contribution in [0.25, 0.3) is 10.8 Å². The van der Waals surface area contributed by atoms with E-state index in [4.69, 9.17) is 14.0 Å². The number of benzene rings is 2. The summed E-state index contributed by atoms with van der Waals surface area (Å²) in [6, 6.07) is 9.80. The molecule has 5 nitrogen and oxygen atoms in total. The third-order valence-electron chi connectivity index (χ3n) is 2.78. The molecule has 0 aliphatic heterocycles. The van der Waals surface area contributed by atoms with Crippen molar-refractivity contribution in [3.63, 3.8) is 0 Å². The summed E-state index contributed by atoms with van der Waals surface area (Å²) in [6.07, 6.45) is 0. The monoisotopic (exact) mass is 296 g/mol. The van der Waals surface area contributed by atoms with E-state index >= 15 is 0 Å². The molecule has 2 rings (SSSR count). The average molecular weight is 296 g/mol. The van der Waals surface area contributed by atoms with Crippen LogP contribution in [0.4, 0.5) is 0 Å². The second-order valence-corrected chi connectivity index (χ2v) is 5.61. The second-order valence-electron chi connectivity index (χ2n) is 4.19. The minimum Gasteiger partial charge on any atom is -0.491 e. The Morgan fingerprint density at radius 3 is 2.50 bits per heavy atom. The zero-order chi connectivity index (χ0) is 14.6. The zero-order valence-corrected chi connectivity index (χ0v) is 11.9. The first-order valence-electron chi connectivity index (χ1n) is 6.22. The van der Waals surface area contributed by atoms with E-state index in [1.165, 1.54) is 12.1 Å². The van der Waals surface area contributed by atoms with E-state index in [0.29, 0.717) is 31.0 Å². The first-order valence-corrected chi connectivity index (χ1v) is 7.66. The van der Waals surface area contributed by atoms with Gasteiger partial charge in [0.25, 0.3) is 10.1 Å². The van der Waals surface area contributed by atoms with Gasteiger partial charge in [0, 0.05) is 6.61 Å². The number of rotatable bonds is 6. The van der Waals surface area contributed by atoms with Crippen molar-refractivity contribution in [3.05, 3.63) is 36.4 Å². The lowest BCUT2D eigenvalue weighted by atomic mass is 10.1. The van der Waals surface area contributed by atoms with Gasteiger partial charge in [-0.2, -0.15) is 8.42 Å². The summed E-state index contributed by atoms with van der Waals surface area (Å²) in [6.45, 7) is 3.47. The third kappa shape index (κ3) is 3.69. The van der Waals surface area contributed by atoms with Crippen LogP contribution >= 0.6 is 0 Å². The Labute approximate surface area is 117 Å². The van der Waals surface area contributed by atoms with E-state index in [9.17, 15) is 8.42 Å². The molecule has 2 aromatic rings. The molecule has 0 saturated carbocycles. The predicted molar refractivity (Wildman–Crippen MR) is 75.8 cm³/mol. The maximum atomic E-state index is 11.1. The summed E-state index contributed by atoms with van der Waals surface area (Å²) in [5.74, 6) is 0.629. The van der Waals surface area contributed by atoms with Crippen LogP contribution in [-0.4, -0.2) is 32.8 Å². The smallest absolute Gasteiger partial charge is 0.294 e. The summed E-state index contributed by atoms with van der Waals surface area (Å²) >= 11 is 0. The van der Waals surface area contributed by atoms with Gasteiger partial charge in [-0.3, -0.25) is 4.55 Å². The summed E-state index contributed by atoms with van der Waals surface area (Å²) in [4.78, 5) is -0.128.